The molecule has 2 rings (SSSR count). The highest BCUT2D eigenvalue weighted by Crippen LogP contribution is 2.19. The van der Waals surface area contributed by atoms with Gasteiger partial charge in [0.1, 0.15) is 0 Å². The fourth-order valence-corrected chi connectivity index (χ4v) is 1.99. The number of nitrogens with one attached hydrogen (secondary N) is 1. The molecule has 0 aromatic carbocycles. The number of H-pyrrole nitrogens is 1. The van der Waals surface area contributed by atoms with Crippen molar-refractivity contribution in [2.75, 3.05) is 20.2 Å². The van der Waals surface area contributed by atoms with Crippen LogP contribution in [-0.2, 0) is 20.7 Å². The minimum absolute atomic E-state index is 0.0175. The van der Waals surface area contributed by atoms with Crippen LogP contribution in [0.2, 0.25) is 0 Å². The molecule has 1 aliphatic rings. The number of carbonyl (C=O) groups excluding carboxylic acids is 2. The van der Waals surface area contributed by atoms with E-state index in [1.165, 1.54) is 7.11 Å². The highest BCUT2D eigenvalue weighted by Gasteiger charge is 2.34. The van der Waals surface area contributed by atoms with E-state index in [0.717, 1.165) is 12.0 Å². The average Bonchev–Trinajstić information content (AvgIpc) is 2.95. The topological polar surface area (TPSA) is 75.3 Å². The normalized spacial score (nSPS) is 19.7. The molecule has 17 heavy (non-hydrogen) atoms. The maximum absolute atomic E-state index is 11.7. The highest BCUT2D eigenvalue weighted by molar-refractivity contribution is 5.86. The molecule has 1 aliphatic heterocycles. The van der Waals surface area contributed by atoms with Crippen molar-refractivity contribution in [2.45, 2.75) is 12.8 Å². The number of esters is 1. The Morgan fingerprint density at radius 3 is 3.18 bits per heavy atom. The van der Waals surface area contributed by atoms with Crippen molar-refractivity contribution in [3.05, 3.63) is 18.0 Å². The predicted octanol–water partition coefficient (Wildman–Crippen LogP) is -0.0263. The van der Waals surface area contributed by atoms with Gasteiger partial charge in [-0.05, 0) is 12.0 Å². The largest absolute Gasteiger partial charge is 0.469 e. The predicted molar refractivity (Wildman–Crippen MR) is 59.0 cm³/mol. The molecular weight excluding hydrogens is 222 g/mol. The Balaban J connectivity index is 1.86. The van der Waals surface area contributed by atoms with E-state index in [-0.39, 0.29) is 24.2 Å². The number of aromatic amines is 1. The van der Waals surface area contributed by atoms with Crippen LogP contribution >= 0.6 is 0 Å². The molecule has 6 nitrogen and oxygen atoms in total. The van der Waals surface area contributed by atoms with Crippen LogP contribution in [0, 0.1) is 5.92 Å². The van der Waals surface area contributed by atoms with Crippen LogP contribution in [-0.4, -0.2) is 47.2 Å². The van der Waals surface area contributed by atoms with Gasteiger partial charge in [0, 0.05) is 25.7 Å². The summed E-state index contributed by atoms with van der Waals surface area (Å²) in [7, 11) is 1.35. The molecule has 0 spiro atoms. The molecule has 92 valence electrons. The number of ether oxygens (including phenoxy) is 1. The highest BCUT2D eigenvalue weighted by atomic mass is 16.5. The summed E-state index contributed by atoms with van der Waals surface area (Å²) in [5.74, 6) is -0.593. The van der Waals surface area contributed by atoms with E-state index in [1.807, 2.05) is 0 Å². The number of aromatic nitrogens is 2. The lowest BCUT2D eigenvalue weighted by atomic mass is 10.1. The van der Waals surface area contributed by atoms with Gasteiger partial charge < -0.3 is 9.64 Å². The fraction of sp³-hybridized carbons (Fsp3) is 0.545. The third kappa shape index (κ3) is 2.64. The van der Waals surface area contributed by atoms with Crippen LogP contribution in [0.3, 0.4) is 0 Å². The summed E-state index contributed by atoms with van der Waals surface area (Å²) in [5.41, 5.74) is 1.05. The molecule has 1 fully saturated rings. The molecule has 2 heterocycles. The van der Waals surface area contributed by atoms with Gasteiger partial charge >= 0.3 is 5.97 Å². The van der Waals surface area contributed by atoms with Gasteiger partial charge in [-0.2, -0.15) is 5.10 Å². The van der Waals surface area contributed by atoms with Gasteiger partial charge in [-0.1, -0.05) is 0 Å². The standard InChI is InChI=1S/C11H15N3O3/c1-17-11(16)9-4-10(15)14(7-9)3-2-8-5-12-13-6-8/h5-6,9H,2-4,7H2,1H3,(H,12,13). The lowest BCUT2D eigenvalue weighted by Crippen LogP contribution is -2.28. The molecule has 0 radical (unpaired) electrons. The van der Waals surface area contributed by atoms with Crippen LogP contribution < -0.4 is 0 Å². The molecule has 1 atom stereocenters. The number of hydrogen-bond acceptors (Lipinski definition) is 4. The number of hydrogen-bond donors (Lipinski definition) is 1. The maximum atomic E-state index is 11.7. The molecule has 1 amide bonds. The molecule has 1 unspecified atom stereocenters. The smallest absolute Gasteiger partial charge is 0.310 e. The van der Waals surface area contributed by atoms with Gasteiger partial charge in [-0.3, -0.25) is 14.7 Å². The SMILES string of the molecule is COC(=O)C1CC(=O)N(CCc2cn[nH]c2)C1. The van der Waals surface area contributed by atoms with Crippen LogP contribution in [0.5, 0.6) is 0 Å². The van der Waals surface area contributed by atoms with Gasteiger partial charge in [0.2, 0.25) is 5.91 Å². The summed E-state index contributed by atoms with van der Waals surface area (Å²) in [5, 5.41) is 6.57. The summed E-state index contributed by atoms with van der Waals surface area (Å²) < 4.78 is 4.65. The van der Waals surface area contributed by atoms with Crippen molar-refractivity contribution < 1.29 is 14.3 Å². The molecule has 6 heteroatoms. The summed E-state index contributed by atoms with van der Waals surface area (Å²) in [6.07, 6.45) is 4.55. The van der Waals surface area contributed by atoms with Gasteiger partial charge in [0.05, 0.1) is 19.2 Å². The van der Waals surface area contributed by atoms with Gasteiger partial charge in [-0.25, -0.2) is 0 Å². The van der Waals surface area contributed by atoms with Crippen LogP contribution in [0.1, 0.15) is 12.0 Å². The molecule has 1 saturated heterocycles. The molecular formula is C11H15N3O3. The number of amides is 1. The van der Waals surface area contributed by atoms with Gasteiger partial charge in [0.15, 0.2) is 0 Å². The van der Waals surface area contributed by atoms with E-state index >= 15 is 0 Å². The molecule has 1 N–H and O–H groups in total. The summed E-state index contributed by atoms with van der Waals surface area (Å²) >= 11 is 0. The van der Waals surface area contributed by atoms with E-state index in [2.05, 4.69) is 14.9 Å². The van der Waals surface area contributed by atoms with Crippen molar-refractivity contribution in [3.8, 4) is 0 Å². The van der Waals surface area contributed by atoms with Crippen molar-refractivity contribution in [1.29, 1.82) is 0 Å². The number of methoxy groups -OCH3 is 1. The van der Waals surface area contributed by atoms with Crippen LogP contribution in [0.25, 0.3) is 0 Å². The third-order valence-corrected chi connectivity index (χ3v) is 2.97. The zero-order valence-electron chi connectivity index (χ0n) is 9.68. The zero-order valence-corrected chi connectivity index (χ0v) is 9.68. The fourth-order valence-electron chi connectivity index (χ4n) is 1.99. The van der Waals surface area contributed by atoms with E-state index in [0.29, 0.717) is 13.1 Å². The zero-order chi connectivity index (χ0) is 12.3. The Labute approximate surface area is 98.9 Å². The lowest BCUT2D eigenvalue weighted by molar-refractivity contribution is -0.145. The quantitative estimate of drug-likeness (QED) is 0.746. The lowest BCUT2D eigenvalue weighted by Gasteiger charge is -2.15. The first-order chi connectivity index (χ1) is 8.20. The molecule has 0 bridgehead atoms. The van der Waals surface area contributed by atoms with Crippen molar-refractivity contribution in [3.63, 3.8) is 0 Å². The van der Waals surface area contributed by atoms with Gasteiger partial charge in [-0.15, -0.1) is 0 Å². The number of likely N-dealkylation sites (tertiary alicyclic amines) is 1. The Bertz CT molecular complexity index is 402. The Morgan fingerprint density at radius 1 is 1.71 bits per heavy atom. The average molecular weight is 237 g/mol. The first kappa shape index (κ1) is 11.6. The molecule has 0 saturated carbocycles. The first-order valence-corrected chi connectivity index (χ1v) is 5.54. The van der Waals surface area contributed by atoms with E-state index < -0.39 is 0 Å². The van der Waals surface area contributed by atoms with Crippen molar-refractivity contribution in [2.24, 2.45) is 5.92 Å². The number of rotatable bonds is 4. The summed E-state index contributed by atoms with van der Waals surface area (Å²) in [4.78, 5) is 24.7. The number of carbonyl (C=O) groups is 2. The van der Waals surface area contributed by atoms with Crippen LogP contribution in [0.15, 0.2) is 12.4 Å². The van der Waals surface area contributed by atoms with Gasteiger partial charge in [0.25, 0.3) is 0 Å². The third-order valence-electron chi connectivity index (χ3n) is 2.97. The van der Waals surface area contributed by atoms with E-state index in [1.54, 1.807) is 17.3 Å². The number of nitrogens with zero attached hydrogens (tertiary/aromatic N) is 2. The van der Waals surface area contributed by atoms with E-state index in [4.69, 9.17) is 0 Å². The minimum atomic E-state index is -0.308. The monoisotopic (exact) mass is 237 g/mol. The Kier molecular flexibility index (Phi) is 3.41. The molecule has 1 aromatic rings. The summed E-state index contributed by atoms with van der Waals surface area (Å²) in [6.45, 7) is 1.08. The second kappa shape index (κ2) is 4.99. The summed E-state index contributed by atoms with van der Waals surface area (Å²) in [6, 6.07) is 0. The molecule has 0 aliphatic carbocycles. The second-order valence-electron chi connectivity index (χ2n) is 4.12. The van der Waals surface area contributed by atoms with Crippen molar-refractivity contribution >= 4 is 11.9 Å². The maximum Gasteiger partial charge on any atom is 0.310 e. The first-order valence-electron chi connectivity index (χ1n) is 5.54. The van der Waals surface area contributed by atoms with Crippen LogP contribution in [0.4, 0.5) is 0 Å². The minimum Gasteiger partial charge on any atom is -0.469 e. The second-order valence-corrected chi connectivity index (χ2v) is 4.12. The van der Waals surface area contributed by atoms with Crippen molar-refractivity contribution in [1.82, 2.24) is 15.1 Å². The Morgan fingerprint density at radius 2 is 2.53 bits per heavy atom. The molecule has 1 aromatic heterocycles. The van der Waals surface area contributed by atoms with E-state index in [9.17, 15) is 9.59 Å². The Hall–Kier alpha value is -1.85.